The summed E-state index contributed by atoms with van der Waals surface area (Å²) in [5.74, 6) is 11.2. The van der Waals surface area contributed by atoms with Gasteiger partial charge < -0.3 is 25.5 Å². The molecule has 5 N–H and O–H groups in total. The number of aromatic hydroxyl groups is 4. The maximum atomic E-state index is 9.52. The third-order valence-electron chi connectivity index (χ3n) is 3.68. The van der Waals surface area contributed by atoms with Crippen LogP contribution in [0.2, 0.25) is 0 Å². The van der Waals surface area contributed by atoms with Crippen LogP contribution in [0.25, 0.3) is 0 Å². The van der Waals surface area contributed by atoms with Gasteiger partial charge in [0.2, 0.25) is 0 Å². The first kappa shape index (κ1) is 18.7. The zero-order valence-corrected chi connectivity index (χ0v) is 14.6. The van der Waals surface area contributed by atoms with Crippen molar-refractivity contribution in [3.05, 3.63) is 82.4 Å². The Bertz CT molecular complexity index is 1030. The summed E-state index contributed by atoms with van der Waals surface area (Å²) in [7, 11) is 0. The quantitative estimate of drug-likeness (QED) is 0.423. The lowest BCUT2D eigenvalue weighted by Crippen LogP contribution is -1.88. The number of benzene rings is 3. The molecule has 0 aliphatic heterocycles. The molecule has 0 unspecified atom stereocenters. The standard InChI is InChI=1S/C23H16O5/c24-14-19-6-15(1-3-17-8-20(25)12-21(26)9-17)5-16(7-19)2-4-18-10-22(27)13-23(28)11-18/h5-13,24-28H,14H2. The molecule has 0 saturated carbocycles. The Morgan fingerprint density at radius 3 is 1.11 bits per heavy atom. The summed E-state index contributed by atoms with van der Waals surface area (Å²) in [6.45, 7) is -0.190. The minimum atomic E-state index is -0.190. The van der Waals surface area contributed by atoms with E-state index in [0.717, 1.165) is 0 Å². The van der Waals surface area contributed by atoms with Gasteiger partial charge in [-0.2, -0.15) is 0 Å². The van der Waals surface area contributed by atoms with Crippen LogP contribution >= 0.6 is 0 Å². The Morgan fingerprint density at radius 2 is 0.786 bits per heavy atom. The molecule has 28 heavy (non-hydrogen) atoms. The van der Waals surface area contributed by atoms with Crippen molar-refractivity contribution in [2.45, 2.75) is 6.61 Å². The summed E-state index contributed by atoms with van der Waals surface area (Å²) in [6, 6.07) is 13.3. The van der Waals surface area contributed by atoms with Crippen LogP contribution in [0.5, 0.6) is 23.0 Å². The first-order chi connectivity index (χ1) is 13.4. The summed E-state index contributed by atoms with van der Waals surface area (Å²) in [4.78, 5) is 0. The summed E-state index contributed by atoms with van der Waals surface area (Å²) >= 11 is 0. The molecular weight excluding hydrogens is 356 g/mol. The van der Waals surface area contributed by atoms with E-state index in [9.17, 15) is 25.5 Å². The van der Waals surface area contributed by atoms with E-state index < -0.39 is 0 Å². The van der Waals surface area contributed by atoms with Crippen molar-refractivity contribution in [1.29, 1.82) is 0 Å². The SMILES string of the molecule is OCc1cc(C#Cc2cc(O)cc(O)c2)cc(C#Cc2cc(O)cc(O)c2)c1. The number of hydrogen-bond donors (Lipinski definition) is 5. The van der Waals surface area contributed by atoms with Gasteiger partial charge in [0.25, 0.3) is 0 Å². The maximum absolute atomic E-state index is 9.52. The Hall–Kier alpha value is -4.06. The number of aliphatic hydroxyl groups excluding tert-OH is 1. The molecule has 0 bridgehead atoms. The van der Waals surface area contributed by atoms with Crippen LogP contribution in [0.3, 0.4) is 0 Å². The van der Waals surface area contributed by atoms with Gasteiger partial charge in [-0.05, 0) is 48.0 Å². The minimum absolute atomic E-state index is 0.0886. The van der Waals surface area contributed by atoms with Crippen molar-refractivity contribution >= 4 is 0 Å². The van der Waals surface area contributed by atoms with E-state index in [1.165, 1.54) is 36.4 Å². The van der Waals surface area contributed by atoms with Crippen LogP contribution in [0.4, 0.5) is 0 Å². The molecule has 0 atom stereocenters. The second-order valence-electron chi connectivity index (χ2n) is 6.05. The first-order valence-electron chi connectivity index (χ1n) is 8.26. The number of hydrogen-bond acceptors (Lipinski definition) is 5. The van der Waals surface area contributed by atoms with Gasteiger partial charge in [-0.25, -0.2) is 0 Å². The molecule has 0 aromatic heterocycles. The molecular formula is C23H16O5. The number of phenols is 4. The minimum Gasteiger partial charge on any atom is -0.508 e. The predicted octanol–water partition coefficient (Wildman–Crippen LogP) is 2.80. The zero-order valence-electron chi connectivity index (χ0n) is 14.6. The third kappa shape index (κ3) is 4.98. The Kier molecular flexibility index (Phi) is 5.41. The van der Waals surface area contributed by atoms with Gasteiger partial charge >= 0.3 is 0 Å². The number of rotatable bonds is 1. The van der Waals surface area contributed by atoms with Crippen LogP contribution in [0.1, 0.15) is 27.8 Å². The molecule has 0 heterocycles. The normalized spacial score (nSPS) is 9.75. The van der Waals surface area contributed by atoms with Gasteiger partial charge in [0.1, 0.15) is 23.0 Å². The summed E-state index contributed by atoms with van der Waals surface area (Å²) < 4.78 is 0. The molecule has 0 fully saturated rings. The fourth-order valence-corrected chi connectivity index (χ4v) is 2.55. The van der Waals surface area contributed by atoms with Crippen molar-refractivity contribution in [3.63, 3.8) is 0 Å². The van der Waals surface area contributed by atoms with E-state index in [1.807, 2.05) is 0 Å². The molecule has 3 aromatic rings. The molecule has 3 aromatic carbocycles. The van der Waals surface area contributed by atoms with Gasteiger partial charge in [0.15, 0.2) is 0 Å². The average molecular weight is 372 g/mol. The lowest BCUT2D eigenvalue weighted by Gasteiger charge is -2.00. The molecule has 0 spiro atoms. The van der Waals surface area contributed by atoms with Gasteiger partial charge in [-0.1, -0.05) is 23.7 Å². The van der Waals surface area contributed by atoms with Crippen molar-refractivity contribution in [1.82, 2.24) is 0 Å². The summed E-state index contributed by atoms with van der Waals surface area (Å²) in [5, 5.41) is 47.6. The molecule has 138 valence electrons. The van der Waals surface area contributed by atoms with Gasteiger partial charge in [0, 0.05) is 34.4 Å². The predicted molar refractivity (Wildman–Crippen MR) is 104 cm³/mol. The monoisotopic (exact) mass is 372 g/mol. The zero-order chi connectivity index (χ0) is 20.1. The fourth-order valence-electron chi connectivity index (χ4n) is 2.55. The van der Waals surface area contributed by atoms with E-state index in [1.54, 1.807) is 18.2 Å². The highest BCUT2D eigenvalue weighted by Gasteiger charge is 2.00. The molecule has 0 aliphatic rings. The van der Waals surface area contributed by atoms with Gasteiger partial charge in [0.05, 0.1) is 6.61 Å². The molecule has 0 saturated heterocycles. The smallest absolute Gasteiger partial charge is 0.120 e. The topological polar surface area (TPSA) is 101 Å². The number of aliphatic hydroxyl groups is 1. The first-order valence-corrected chi connectivity index (χ1v) is 8.26. The molecule has 0 aliphatic carbocycles. The summed E-state index contributed by atoms with van der Waals surface area (Å²) in [6.07, 6.45) is 0. The van der Waals surface area contributed by atoms with Crippen LogP contribution < -0.4 is 0 Å². The fraction of sp³-hybridized carbons (Fsp3) is 0.0435. The highest BCUT2D eigenvalue weighted by Crippen LogP contribution is 2.21. The van der Waals surface area contributed by atoms with E-state index in [2.05, 4.69) is 23.7 Å². The molecule has 3 rings (SSSR count). The number of phenolic OH excluding ortho intramolecular Hbond substituents is 4. The third-order valence-corrected chi connectivity index (χ3v) is 3.68. The van der Waals surface area contributed by atoms with Crippen LogP contribution in [0.15, 0.2) is 54.6 Å². The average Bonchev–Trinajstić information content (AvgIpc) is 2.63. The lowest BCUT2D eigenvalue weighted by atomic mass is 10.1. The highest BCUT2D eigenvalue weighted by molar-refractivity contribution is 5.53. The molecule has 5 heteroatoms. The van der Waals surface area contributed by atoms with Crippen molar-refractivity contribution in [2.24, 2.45) is 0 Å². The van der Waals surface area contributed by atoms with Gasteiger partial charge in [-0.3, -0.25) is 0 Å². The van der Waals surface area contributed by atoms with E-state index in [0.29, 0.717) is 27.8 Å². The van der Waals surface area contributed by atoms with Crippen molar-refractivity contribution in [2.75, 3.05) is 0 Å². The van der Waals surface area contributed by atoms with Crippen LogP contribution in [-0.2, 0) is 6.61 Å². The Labute approximate surface area is 161 Å². The van der Waals surface area contributed by atoms with Crippen LogP contribution in [0, 0.1) is 23.7 Å². The second kappa shape index (κ2) is 8.09. The van der Waals surface area contributed by atoms with Crippen LogP contribution in [-0.4, -0.2) is 25.5 Å². The largest absolute Gasteiger partial charge is 0.508 e. The Balaban J connectivity index is 1.95. The van der Waals surface area contributed by atoms with E-state index in [-0.39, 0.29) is 29.6 Å². The lowest BCUT2D eigenvalue weighted by molar-refractivity contribution is 0.282. The van der Waals surface area contributed by atoms with E-state index >= 15 is 0 Å². The van der Waals surface area contributed by atoms with E-state index in [4.69, 9.17) is 0 Å². The molecule has 0 radical (unpaired) electrons. The molecule has 5 nitrogen and oxygen atoms in total. The molecule has 0 amide bonds. The van der Waals surface area contributed by atoms with Crippen molar-refractivity contribution in [3.8, 4) is 46.7 Å². The maximum Gasteiger partial charge on any atom is 0.120 e. The highest BCUT2D eigenvalue weighted by atomic mass is 16.3. The Morgan fingerprint density at radius 1 is 0.464 bits per heavy atom. The summed E-state index contributed by atoms with van der Waals surface area (Å²) in [5.41, 5.74) is 2.69. The second-order valence-corrected chi connectivity index (χ2v) is 6.05. The van der Waals surface area contributed by atoms with Gasteiger partial charge in [-0.15, -0.1) is 0 Å². The van der Waals surface area contributed by atoms with Crippen molar-refractivity contribution < 1.29 is 25.5 Å².